The second-order valence-electron chi connectivity index (χ2n) is 5.75. The molecule has 0 aliphatic carbocycles. The maximum Gasteiger partial charge on any atom is 0.534 e. The molecule has 0 saturated heterocycles. The van der Waals surface area contributed by atoms with Crippen LogP contribution in [0.3, 0.4) is 0 Å². The summed E-state index contributed by atoms with van der Waals surface area (Å²) in [6.45, 7) is 5.29. The lowest BCUT2D eigenvalue weighted by Gasteiger charge is -2.23. The van der Waals surface area contributed by atoms with Crippen LogP contribution >= 0.6 is 0 Å². The Morgan fingerprint density at radius 1 is 1.13 bits per heavy atom. The fourth-order valence-electron chi connectivity index (χ4n) is 2.11. The third-order valence-corrected chi connectivity index (χ3v) is 5.96. The predicted octanol–water partition coefficient (Wildman–Crippen LogP) is 2.20. The van der Waals surface area contributed by atoms with E-state index in [1.807, 2.05) is 19.6 Å². The molecule has 23 heavy (non-hydrogen) atoms. The number of halogens is 3. The van der Waals surface area contributed by atoms with Crippen molar-refractivity contribution in [2.24, 2.45) is 0 Å². The summed E-state index contributed by atoms with van der Waals surface area (Å²) < 4.78 is 80.5. The van der Waals surface area contributed by atoms with Crippen molar-refractivity contribution in [3.05, 3.63) is 6.07 Å². The van der Waals surface area contributed by atoms with Crippen LogP contribution in [0.5, 0.6) is 23.0 Å². The van der Waals surface area contributed by atoms with E-state index in [1.165, 1.54) is 7.11 Å². The van der Waals surface area contributed by atoms with Gasteiger partial charge in [-0.05, 0) is 0 Å². The molecule has 1 heterocycles. The fourth-order valence-corrected chi connectivity index (χ4v) is 4.37. The van der Waals surface area contributed by atoms with Crippen molar-refractivity contribution < 1.29 is 40.0 Å². The number of hydrogen-bond acceptors (Lipinski definition) is 6. The van der Waals surface area contributed by atoms with Crippen LogP contribution in [0.4, 0.5) is 13.2 Å². The van der Waals surface area contributed by atoms with Gasteiger partial charge in [0.25, 0.3) is 0 Å². The molecular weight excluding hydrogens is 357 g/mol. The minimum atomic E-state index is -5.81. The summed E-state index contributed by atoms with van der Waals surface area (Å²) in [5, 5.41) is 0.277. The number of benzene rings is 1. The Bertz CT molecular complexity index is 724. The van der Waals surface area contributed by atoms with E-state index in [4.69, 9.17) is 14.2 Å². The van der Waals surface area contributed by atoms with Gasteiger partial charge in [0.1, 0.15) is 5.75 Å². The zero-order valence-corrected chi connectivity index (χ0v) is 14.6. The first-order valence-electron chi connectivity index (χ1n) is 6.40. The van der Waals surface area contributed by atoms with Crippen molar-refractivity contribution in [2.45, 2.75) is 25.1 Å². The Balaban J connectivity index is 2.68. The molecule has 0 unspecified atom stereocenters. The fraction of sp³-hybridized carbons (Fsp3) is 0.500. The lowest BCUT2D eigenvalue weighted by molar-refractivity contribution is -0.0499. The highest BCUT2D eigenvalue weighted by Crippen LogP contribution is 2.44. The summed E-state index contributed by atoms with van der Waals surface area (Å²) >= 11 is 0. The van der Waals surface area contributed by atoms with Gasteiger partial charge in [-0.2, -0.15) is 21.6 Å². The summed E-state index contributed by atoms with van der Waals surface area (Å²) in [7, 11) is -6.88. The van der Waals surface area contributed by atoms with E-state index in [9.17, 15) is 21.6 Å². The van der Waals surface area contributed by atoms with E-state index in [2.05, 4.69) is 4.18 Å². The number of alkyl halides is 3. The average molecular weight is 372 g/mol. The Morgan fingerprint density at radius 2 is 1.70 bits per heavy atom. The molecule has 0 aromatic heterocycles. The summed E-state index contributed by atoms with van der Waals surface area (Å²) in [5.74, 6) is -0.0351. The van der Waals surface area contributed by atoms with Gasteiger partial charge < -0.3 is 18.4 Å². The highest BCUT2D eigenvalue weighted by Gasteiger charge is 2.49. The standard InChI is InChI=1S/C12H15F3O6SSi/c1-18-7-5-8(21-22(16,17)12(13,14)15)11(23(2,3)4)10-9(7)19-6-20-10/h5H,6H2,1-4H3. The molecule has 6 nitrogen and oxygen atoms in total. The van der Waals surface area contributed by atoms with Crippen molar-refractivity contribution in [3.63, 3.8) is 0 Å². The molecule has 1 aliphatic rings. The van der Waals surface area contributed by atoms with Crippen molar-refractivity contribution in [1.82, 2.24) is 0 Å². The van der Waals surface area contributed by atoms with Crippen LogP contribution in [-0.2, 0) is 10.1 Å². The Morgan fingerprint density at radius 3 is 2.17 bits per heavy atom. The molecule has 0 N–H and O–H groups in total. The van der Waals surface area contributed by atoms with E-state index in [0.29, 0.717) is 0 Å². The SMILES string of the molecule is COc1cc(OS(=O)(=O)C(F)(F)F)c([Si](C)(C)C)c2c1OCO2. The molecule has 0 amide bonds. The van der Waals surface area contributed by atoms with Crippen molar-refractivity contribution in [1.29, 1.82) is 0 Å². The minimum Gasteiger partial charge on any atom is -0.493 e. The van der Waals surface area contributed by atoms with Crippen molar-refractivity contribution >= 4 is 23.4 Å². The normalized spacial score (nSPS) is 14.7. The molecule has 11 heteroatoms. The predicted molar refractivity (Wildman–Crippen MR) is 77.7 cm³/mol. The molecule has 2 rings (SSSR count). The second kappa shape index (κ2) is 5.48. The van der Waals surface area contributed by atoms with Crippen molar-refractivity contribution in [2.75, 3.05) is 13.9 Å². The molecular formula is C12H15F3O6SSi. The van der Waals surface area contributed by atoms with Crippen LogP contribution in [0.25, 0.3) is 0 Å². The molecule has 0 atom stereocenters. The van der Waals surface area contributed by atoms with Gasteiger partial charge in [-0.3, -0.25) is 0 Å². The van der Waals surface area contributed by atoms with Crippen LogP contribution < -0.4 is 23.6 Å². The van der Waals surface area contributed by atoms with Gasteiger partial charge in [-0.25, -0.2) is 0 Å². The van der Waals surface area contributed by atoms with E-state index in [-0.39, 0.29) is 29.2 Å². The summed E-state index contributed by atoms with van der Waals surface area (Å²) in [6.07, 6.45) is 0. The van der Waals surface area contributed by atoms with Gasteiger partial charge in [0.05, 0.1) is 15.2 Å². The number of methoxy groups -OCH3 is 1. The molecule has 0 fully saturated rings. The van der Waals surface area contributed by atoms with E-state index >= 15 is 0 Å². The third kappa shape index (κ3) is 3.20. The largest absolute Gasteiger partial charge is 0.534 e. The van der Waals surface area contributed by atoms with Crippen LogP contribution in [0.15, 0.2) is 6.07 Å². The first kappa shape index (κ1) is 17.7. The maximum atomic E-state index is 12.6. The zero-order chi connectivity index (χ0) is 17.6. The zero-order valence-electron chi connectivity index (χ0n) is 12.8. The first-order valence-corrected chi connectivity index (χ1v) is 11.3. The molecule has 130 valence electrons. The molecule has 0 saturated carbocycles. The van der Waals surface area contributed by atoms with Crippen LogP contribution in [0.1, 0.15) is 0 Å². The molecule has 1 aromatic rings. The minimum absolute atomic E-state index is 0.0341. The molecule has 0 radical (unpaired) electrons. The number of rotatable bonds is 4. The first-order chi connectivity index (χ1) is 10.4. The molecule has 1 aliphatic heterocycles. The quantitative estimate of drug-likeness (QED) is 0.458. The lowest BCUT2D eigenvalue weighted by atomic mass is 10.2. The summed E-state index contributed by atoms with van der Waals surface area (Å²) in [4.78, 5) is 0. The summed E-state index contributed by atoms with van der Waals surface area (Å²) in [6, 6.07) is 1.07. The van der Waals surface area contributed by atoms with Crippen LogP contribution in [0, 0.1) is 0 Å². The third-order valence-electron chi connectivity index (χ3n) is 3.03. The van der Waals surface area contributed by atoms with Crippen LogP contribution in [0.2, 0.25) is 19.6 Å². The van der Waals surface area contributed by atoms with E-state index < -0.39 is 29.4 Å². The number of ether oxygens (including phenoxy) is 3. The Labute approximate surface area is 132 Å². The molecule has 0 spiro atoms. The highest BCUT2D eigenvalue weighted by molar-refractivity contribution is 7.88. The Kier molecular flexibility index (Phi) is 4.22. The van der Waals surface area contributed by atoms with Crippen LogP contribution in [-0.4, -0.2) is 35.9 Å². The average Bonchev–Trinajstić information content (AvgIpc) is 2.82. The number of hydrogen-bond donors (Lipinski definition) is 0. The summed E-state index contributed by atoms with van der Waals surface area (Å²) in [5.41, 5.74) is -5.53. The maximum absolute atomic E-state index is 12.6. The van der Waals surface area contributed by atoms with Gasteiger partial charge in [0.2, 0.25) is 12.5 Å². The van der Waals surface area contributed by atoms with Crippen molar-refractivity contribution in [3.8, 4) is 23.0 Å². The second-order valence-corrected chi connectivity index (χ2v) is 12.3. The lowest BCUT2D eigenvalue weighted by Crippen LogP contribution is -2.41. The van der Waals surface area contributed by atoms with Gasteiger partial charge >= 0.3 is 15.6 Å². The number of fused-ring (bicyclic) bond motifs is 1. The van der Waals surface area contributed by atoms with Gasteiger partial charge in [0.15, 0.2) is 11.5 Å². The Hall–Kier alpha value is -1.62. The molecule has 0 bridgehead atoms. The molecule has 1 aromatic carbocycles. The highest BCUT2D eigenvalue weighted by atomic mass is 32.2. The monoisotopic (exact) mass is 372 g/mol. The van der Waals surface area contributed by atoms with Gasteiger partial charge in [-0.1, -0.05) is 19.6 Å². The smallest absolute Gasteiger partial charge is 0.493 e. The van der Waals surface area contributed by atoms with E-state index in [1.54, 1.807) is 0 Å². The van der Waals surface area contributed by atoms with E-state index in [0.717, 1.165) is 6.07 Å². The van der Waals surface area contributed by atoms with Gasteiger partial charge in [0, 0.05) is 11.3 Å². The van der Waals surface area contributed by atoms with Gasteiger partial charge in [-0.15, -0.1) is 0 Å². The topological polar surface area (TPSA) is 71.1 Å².